The van der Waals surface area contributed by atoms with Crippen LogP contribution in [0.1, 0.15) is 28.3 Å². The number of rotatable bonds is 7. The summed E-state index contributed by atoms with van der Waals surface area (Å²) in [6, 6.07) is 13.5. The van der Waals surface area contributed by atoms with Crippen LogP contribution in [0, 0.1) is 12.7 Å². The quantitative estimate of drug-likeness (QED) is 0.372. The number of benzene rings is 3. The van der Waals surface area contributed by atoms with Gasteiger partial charge in [-0.15, -0.1) is 0 Å². The van der Waals surface area contributed by atoms with Gasteiger partial charge in [-0.25, -0.2) is 4.39 Å². The smallest absolute Gasteiger partial charge is 0.416 e. The van der Waals surface area contributed by atoms with Gasteiger partial charge in [0.2, 0.25) is 0 Å². The van der Waals surface area contributed by atoms with Crippen LogP contribution in [0.2, 0.25) is 0 Å². The van der Waals surface area contributed by atoms with Crippen LogP contribution in [0.15, 0.2) is 66.7 Å². The van der Waals surface area contributed by atoms with E-state index in [9.17, 15) is 35.8 Å². The number of halogens is 7. The summed E-state index contributed by atoms with van der Waals surface area (Å²) in [5, 5.41) is 11.8. The Kier molecular flexibility index (Phi) is 7.52. The summed E-state index contributed by atoms with van der Waals surface area (Å²) in [7, 11) is 0. The van der Waals surface area contributed by atoms with E-state index in [1.54, 1.807) is 24.3 Å². The first-order valence-corrected chi connectivity index (χ1v) is 10.0. The summed E-state index contributed by atoms with van der Waals surface area (Å²) in [5.74, 6) is -0.507. The Labute approximate surface area is 190 Å². The molecule has 0 amide bonds. The second-order valence-corrected chi connectivity index (χ2v) is 7.62. The summed E-state index contributed by atoms with van der Waals surface area (Å²) >= 11 is 0. The van der Waals surface area contributed by atoms with Crippen molar-refractivity contribution in [2.24, 2.45) is 0 Å². The molecule has 10 heteroatoms. The van der Waals surface area contributed by atoms with Gasteiger partial charge in [0.25, 0.3) is 0 Å². The molecule has 0 fully saturated rings. The number of aryl methyl sites for hydroxylation is 1. The van der Waals surface area contributed by atoms with Gasteiger partial charge >= 0.3 is 12.4 Å². The van der Waals surface area contributed by atoms with Crippen LogP contribution in [0.25, 0.3) is 0 Å². The molecule has 34 heavy (non-hydrogen) atoms. The van der Waals surface area contributed by atoms with E-state index in [0.717, 1.165) is 11.6 Å². The molecule has 3 aromatic carbocycles. The second-order valence-electron chi connectivity index (χ2n) is 7.62. The van der Waals surface area contributed by atoms with Crippen molar-refractivity contribution < 1.29 is 40.6 Å². The molecular formula is C24H20F7NO2. The van der Waals surface area contributed by atoms with Crippen molar-refractivity contribution in [2.45, 2.75) is 31.4 Å². The number of ether oxygens (including phenoxy) is 1. The van der Waals surface area contributed by atoms with Crippen molar-refractivity contribution >= 4 is 0 Å². The largest absolute Gasteiger partial charge is 0.457 e. The number of alkyl halides is 6. The van der Waals surface area contributed by atoms with Crippen molar-refractivity contribution in [1.29, 1.82) is 0 Å². The molecular weight excluding hydrogens is 467 g/mol. The minimum atomic E-state index is -4.94. The molecule has 182 valence electrons. The lowest BCUT2D eigenvalue weighted by molar-refractivity contribution is -0.202. The van der Waals surface area contributed by atoms with Crippen molar-refractivity contribution in [3.05, 3.63) is 94.8 Å². The minimum Gasteiger partial charge on any atom is -0.457 e. The number of aliphatic hydroxyl groups is 1. The van der Waals surface area contributed by atoms with E-state index in [1.165, 1.54) is 18.2 Å². The molecule has 3 nitrogen and oxygen atoms in total. The van der Waals surface area contributed by atoms with Gasteiger partial charge in [0.05, 0.1) is 11.6 Å². The average molecular weight is 487 g/mol. The van der Waals surface area contributed by atoms with Crippen molar-refractivity contribution in [1.82, 2.24) is 5.32 Å². The summed E-state index contributed by atoms with van der Waals surface area (Å²) < 4.78 is 97.7. The van der Waals surface area contributed by atoms with Gasteiger partial charge in [-0.05, 0) is 54.4 Å². The van der Waals surface area contributed by atoms with Gasteiger partial charge in [0.15, 0.2) is 6.10 Å². The Hall–Kier alpha value is -3.11. The summed E-state index contributed by atoms with van der Waals surface area (Å²) in [6.45, 7) is 0.834. The summed E-state index contributed by atoms with van der Waals surface area (Å²) in [5.41, 5.74) is -0.422. The predicted molar refractivity (Wildman–Crippen MR) is 111 cm³/mol. The van der Waals surface area contributed by atoms with Crippen molar-refractivity contribution in [3.63, 3.8) is 0 Å². The lowest BCUT2D eigenvalue weighted by Crippen LogP contribution is -2.40. The average Bonchev–Trinajstić information content (AvgIpc) is 2.73. The molecule has 0 aromatic heterocycles. The highest BCUT2D eigenvalue weighted by atomic mass is 19.4. The molecule has 3 aromatic rings. The van der Waals surface area contributed by atoms with Crippen LogP contribution in [0.4, 0.5) is 30.7 Å². The molecule has 0 heterocycles. The molecule has 0 bridgehead atoms. The Bertz CT molecular complexity index is 1130. The number of aliphatic hydroxyl groups excluding tert-OH is 1. The molecule has 0 aliphatic carbocycles. The van der Waals surface area contributed by atoms with Gasteiger partial charge in [0, 0.05) is 12.1 Å². The molecule has 2 unspecified atom stereocenters. The number of hydrogen-bond donors (Lipinski definition) is 2. The number of nitrogens with one attached hydrogen (secondary N) is 1. The van der Waals surface area contributed by atoms with Crippen molar-refractivity contribution in [2.75, 3.05) is 6.54 Å². The van der Waals surface area contributed by atoms with Gasteiger partial charge in [-0.2, -0.15) is 26.3 Å². The Morgan fingerprint density at radius 3 is 2.12 bits per heavy atom. The molecule has 0 radical (unpaired) electrons. The van der Waals surface area contributed by atoms with E-state index in [2.05, 4.69) is 5.32 Å². The molecule has 0 aliphatic heterocycles. The van der Waals surface area contributed by atoms with Crippen LogP contribution in [-0.4, -0.2) is 23.9 Å². The molecule has 3 rings (SSSR count). The van der Waals surface area contributed by atoms with Gasteiger partial charge in [-0.1, -0.05) is 30.3 Å². The van der Waals surface area contributed by atoms with Crippen LogP contribution < -0.4 is 10.1 Å². The van der Waals surface area contributed by atoms with E-state index in [4.69, 9.17) is 4.74 Å². The van der Waals surface area contributed by atoms with E-state index in [1.807, 2.05) is 13.0 Å². The SMILES string of the molecule is Cc1cccc(Oc2cccc(C(NCC(O)C(F)(F)F)c3ccc(C(F)(F)F)cc3F)c2)c1. The highest BCUT2D eigenvalue weighted by molar-refractivity contribution is 5.41. The molecule has 2 N–H and O–H groups in total. The Morgan fingerprint density at radius 2 is 1.53 bits per heavy atom. The van der Waals surface area contributed by atoms with Crippen LogP contribution in [0.3, 0.4) is 0 Å². The van der Waals surface area contributed by atoms with E-state index >= 15 is 0 Å². The zero-order chi connectivity index (χ0) is 25.1. The predicted octanol–water partition coefficient (Wildman–Crippen LogP) is 6.55. The standard InChI is InChI=1S/C24H20F7NO2/c1-14-4-2-6-17(10-14)34-18-7-3-5-15(11-18)22(32-13-21(33)24(29,30)31)19-9-8-16(12-20(19)25)23(26,27)28/h2-12,21-22,32-33H,13H2,1H3. The Morgan fingerprint density at radius 1 is 0.882 bits per heavy atom. The van der Waals surface area contributed by atoms with Crippen molar-refractivity contribution in [3.8, 4) is 11.5 Å². The third-order valence-corrected chi connectivity index (χ3v) is 4.95. The van der Waals surface area contributed by atoms with E-state index in [0.29, 0.717) is 11.8 Å². The molecule has 0 saturated heterocycles. The normalized spacial score (nSPS) is 14.0. The zero-order valence-electron chi connectivity index (χ0n) is 17.7. The summed E-state index contributed by atoms with van der Waals surface area (Å²) in [4.78, 5) is 0. The lowest BCUT2D eigenvalue weighted by atomic mass is 9.96. The maximum absolute atomic E-state index is 14.7. The zero-order valence-corrected chi connectivity index (χ0v) is 17.7. The molecule has 0 spiro atoms. The highest BCUT2D eigenvalue weighted by Crippen LogP contribution is 2.34. The third kappa shape index (κ3) is 6.48. The molecule has 0 saturated carbocycles. The number of hydrogen-bond acceptors (Lipinski definition) is 3. The van der Waals surface area contributed by atoms with Gasteiger partial charge in [0.1, 0.15) is 17.3 Å². The maximum Gasteiger partial charge on any atom is 0.416 e. The maximum atomic E-state index is 14.7. The van der Waals surface area contributed by atoms with E-state index < -0.39 is 42.4 Å². The summed E-state index contributed by atoms with van der Waals surface area (Å²) in [6.07, 6.45) is -12.5. The van der Waals surface area contributed by atoms with Crippen LogP contribution in [0.5, 0.6) is 11.5 Å². The first kappa shape index (κ1) is 25.5. The fourth-order valence-corrected chi connectivity index (χ4v) is 3.26. The van der Waals surface area contributed by atoms with Crippen LogP contribution in [-0.2, 0) is 6.18 Å². The molecule has 2 atom stereocenters. The topological polar surface area (TPSA) is 41.5 Å². The lowest BCUT2D eigenvalue weighted by Gasteiger charge is -2.24. The fraction of sp³-hybridized carbons (Fsp3) is 0.250. The molecule has 0 aliphatic rings. The third-order valence-electron chi connectivity index (χ3n) is 4.95. The minimum absolute atomic E-state index is 0.221. The second kappa shape index (κ2) is 10.0. The first-order valence-electron chi connectivity index (χ1n) is 10.0. The highest BCUT2D eigenvalue weighted by Gasteiger charge is 2.38. The van der Waals surface area contributed by atoms with Crippen LogP contribution >= 0.6 is 0 Å². The van der Waals surface area contributed by atoms with Gasteiger partial charge < -0.3 is 15.2 Å². The van der Waals surface area contributed by atoms with Gasteiger partial charge in [-0.3, -0.25) is 0 Å². The fourth-order valence-electron chi connectivity index (χ4n) is 3.26. The monoisotopic (exact) mass is 487 g/mol. The van der Waals surface area contributed by atoms with E-state index in [-0.39, 0.29) is 22.9 Å². The first-order chi connectivity index (χ1) is 15.8. The Balaban J connectivity index is 1.97.